The molecule has 4 heterocycles. The molecule has 6 nitrogen and oxygen atoms in total. The number of nitrogens with zero attached hydrogens (tertiary/aromatic N) is 4. The van der Waals surface area contributed by atoms with Crippen LogP contribution < -0.4 is 0 Å². The molecule has 4 aromatic heterocycles. The predicted octanol–water partition coefficient (Wildman–Crippen LogP) is 3.11. The summed E-state index contributed by atoms with van der Waals surface area (Å²) in [6, 6.07) is 4.08. The highest BCUT2D eigenvalue weighted by Gasteiger charge is 2.18. The number of ether oxygens (including phenoxy) is 1. The van der Waals surface area contributed by atoms with Gasteiger partial charge >= 0.3 is 0 Å². The lowest BCUT2D eigenvalue weighted by Crippen LogP contribution is -2.18. The second-order valence-electron chi connectivity index (χ2n) is 5.81. The predicted molar refractivity (Wildman–Crippen MR) is 98.6 cm³/mol. The van der Waals surface area contributed by atoms with E-state index >= 15 is 0 Å². The largest absolute Gasteiger partial charge is 0.394 e. The number of aromatic nitrogens is 4. The van der Waals surface area contributed by atoms with Gasteiger partial charge in [0.05, 0.1) is 35.5 Å². The summed E-state index contributed by atoms with van der Waals surface area (Å²) in [4.78, 5) is 13.4. The molecule has 0 fully saturated rings. The van der Waals surface area contributed by atoms with Crippen molar-refractivity contribution in [3.05, 3.63) is 41.6 Å². The van der Waals surface area contributed by atoms with E-state index in [1.165, 1.54) is 0 Å². The minimum Gasteiger partial charge on any atom is -0.394 e. The third-order valence-corrected chi connectivity index (χ3v) is 5.13. The molecule has 128 valence electrons. The number of fused-ring (bicyclic) bond motifs is 3. The van der Waals surface area contributed by atoms with Crippen LogP contribution in [0.3, 0.4) is 0 Å². The molecule has 7 heteroatoms. The first kappa shape index (κ1) is 16.1. The van der Waals surface area contributed by atoms with Gasteiger partial charge in [0.2, 0.25) is 0 Å². The first-order chi connectivity index (χ1) is 12.3. The lowest BCUT2D eigenvalue weighted by Gasteiger charge is -2.13. The molecule has 0 bridgehead atoms. The van der Waals surface area contributed by atoms with Crippen LogP contribution in [0, 0.1) is 0 Å². The van der Waals surface area contributed by atoms with Crippen molar-refractivity contribution < 1.29 is 9.84 Å². The monoisotopic (exact) mass is 354 g/mol. The average Bonchev–Trinajstić information content (AvgIpc) is 3.29. The Kier molecular flexibility index (Phi) is 4.44. The van der Waals surface area contributed by atoms with E-state index < -0.39 is 0 Å². The molecular formula is C18H18N4O2S. The molecule has 0 saturated carbocycles. The number of pyridine rings is 1. The summed E-state index contributed by atoms with van der Waals surface area (Å²) in [5.41, 5.74) is 3.93. The molecule has 0 aliphatic heterocycles. The van der Waals surface area contributed by atoms with Crippen LogP contribution in [0.25, 0.3) is 33.2 Å². The summed E-state index contributed by atoms with van der Waals surface area (Å²) in [7, 11) is 1.62. The summed E-state index contributed by atoms with van der Waals surface area (Å²) in [6.07, 6.45) is 5.76. The maximum Gasteiger partial charge on any atom is 0.145 e. The molecule has 4 rings (SSSR count). The Bertz CT molecular complexity index is 993. The van der Waals surface area contributed by atoms with Gasteiger partial charge in [0.1, 0.15) is 12.0 Å². The van der Waals surface area contributed by atoms with Crippen LogP contribution in [0.4, 0.5) is 0 Å². The number of aliphatic hydroxyl groups is 1. The standard InChI is InChI=1S/C18H18N4O2S/c1-24-13(9-23)3-6-22-15-8-19-5-2-14(15)16-17(12-4-7-25-10-12)20-11-21-18(16)22/h2,4-5,7-8,10-11,13,23H,3,6,9H2,1H3. The highest BCUT2D eigenvalue weighted by molar-refractivity contribution is 7.08. The Hall–Kier alpha value is -2.35. The van der Waals surface area contributed by atoms with Crippen LogP contribution in [-0.2, 0) is 11.3 Å². The van der Waals surface area contributed by atoms with Crippen LogP contribution >= 0.6 is 11.3 Å². The number of hydrogen-bond acceptors (Lipinski definition) is 6. The van der Waals surface area contributed by atoms with Crippen LogP contribution in [0.1, 0.15) is 6.42 Å². The van der Waals surface area contributed by atoms with Gasteiger partial charge in [-0.2, -0.15) is 11.3 Å². The second-order valence-corrected chi connectivity index (χ2v) is 6.59. The number of thiophene rings is 1. The van der Waals surface area contributed by atoms with Crippen molar-refractivity contribution in [2.45, 2.75) is 19.1 Å². The number of rotatable bonds is 6. The summed E-state index contributed by atoms with van der Waals surface area (Å²) >= 11 is 1.65. The normalized spacial score (nSPS) is 12.9. The van der Waals surface area contributed by atoms with Crippen molar-refractivity contribution in [2.24, 2.45) is 0 Å². The van der Waals surface area contributed by atoms with Gasteiger partial charge in [0, 0.05) is 36.2 Å². The van der Waals surface area contributed by atoms with Crippen LogP contribution in [0.5, 0.6) is 0 Å². The van der Waals surface area contributed by atoms with Gasteiger partial charge in [-0.05, 0) is 23.9 Å². The van der Waals surface area contributed by atoms with Gasteiger partial charge in [-0.3, -0.25) is 4.98 Å². The maximum atomic E-state index is 9.38. The van der Waals surface area contributed by atoms with Gasteiger partial charge in [-0.15, -0.1) is 0 Å². The maximum absolute atomic E-state index is 9.38. The fraction of sp³-hybridized carbons (Fsp3) is 0.278. The summed E-state index contributed by atoms with van der Waals surface area (Å²) in [6.45, 7) is 0.686. The average molecular weight is 354 g/mol. The summed E-state index contributed by atoms with van der Waals surface area (Å²) in [5, 5.41) is 15.7. The van der Waals surface area contributed by atoms with E-state index in [4.69, 9.17) is 4.74 Å². The van der Waals surface area contributed by atoms with Gasteiger partial charge in [-0.1, -0.05) is 0 Å². The van der Waals surface area contributed by atoms with E-state index in [1.807, 2.05) is 12.3 Å². The molecule has 1 atom stereocenters. The van der Waals surface area contributed by atoms with Gasteiger partial charge in [-0.25, -0.2) is 9.97 Å². The van der Waals surface area contributed by atoms with Gasteiger partial charge < -0.3 is 14.4 Å². The Morgan fingerprint density at radius 2 is 2.24 bits per heavy atom. The molecule has 25 heavy (non-hydrogen) atoms. The zero-order valence-corrected chi connectivity index (χ0v) is 14.6. The highest BCUT2D eigenvalue weighted by atomic mass is 32.1. The minimum atomic E-state index is -0.192. The SMILES string of the molecule is COC(CO)CCn1c2cnccc2c2c(-c3ccsc3)ncnc21. The van der Waals surface area contributed by atoms with Crippen molar-refractivity contribution in [3.63, 3.8) is 0 Å². The van der Waals surface area contributed by atoms with Gasteiger partial charge in [0.25, 0.3) is 0 Å². The molecule has 0 radical (unpaired) electrons. The van der Waals surface area contributed by atoms with E-state index in [0.717, 1.165) is 33.2 Å². The summed E-state index contributed by atoms with van der Waals surface area (Å²) in [5.74, 6) is 0. The third kappa shape index (κ3) is 2.80. The van der Waals surface area contributed by atoms with Crippen molar-refractivity contribution in [1.82, 2.24) is 19.5 Å². The van der Waals surface area contributed by atoms with Crippen LogP contribution in [0.15, 0.2) is 41.6 Å². The van der Waals surface area contributed by atoms with Crippen LogP contribution in [0.2, 0.25) is 0 Å². The quantitative estimate of drug-likeness (QED) is 0.576. The first-order valence-corrected chi connectivity index (χ1v) is 9.01. The van der Waals surface area contributed by atoms with E-state index in [0.29, 0.717) is 13.0 Å². The van der Waals surface area contributed by atoms with Crippen molar-refractivity contribution >= 4 is 33.3 Å². The Morgan fingerprint density at radius 1 is 1.32 bits per heavy atom. The number of aliphatic hydroxyl groups excluding tert-OH is 1. The lowest BCUT2D eigenvalue weighted by molar-refractivity contribution is 0.0407. The van der Waals surface area contributed by atoms with Crippen LogP contribution in [-0.4, -0.2) is 44.4 Å². The molecule has 0 spiro atoms. The zero-order chi connectivity index (χ0) is 17.2. The fourth-order valence-corrected chi connectivity index (χ4v) is 3.80. The number of aryl methyl sites for hydroxylation is 1. The zero-order valence-electron chi connectivity index (χ0n) is 13.8. The molecule has 0 saturated heterocycles. The number of methoxy groups -OCH3 is 1. The Morgan fingerprint density at radius 3 is 3.00 bits per heavy atom. The molecule has 1 N–H and O–H groups in total. The summed E-state index contributed by atoms with van der Waals surface area (Å²) < 4.78 is 7.43. The fourth-order valence-electron chi connectivity index (χ4n) is 3.16. The molecule has 0 amide bonds. The smallest absolute Gasteiger partial charge is 0.145 e. The van der Waals surface area contributed by atoms with E-state index in [2.05, 4.69) is 36.3 Å². The Balaban J connectivity index is 1.91. The molecular weight excluding hydrogens is 336 g/mol. The van der Waals surface area contributed by atoms with Crippen molar-refractivity contribution in [1.29, 1.82) is 0 Å². The topological polar surface area (TPSA) is 73.1 Å². The first-order valence-electron chi connectivity index (χ1n) is 8.06. The molecule has 0 aromatic carbocycles. The molecule has 0 aliphatic rings. The molecule has 1 unspecified atom stereocenters. The molecule has 4 aromatic rings. The highest BCUT2D eigenvalue weighted by Crippen LogP contribution is 2.34. The van der Waals surface area contributed by atoms with E-state index in [9.17, 15) is 5.11 Å². The second kappa shape index (κ2) is 6.87. The van der Waals surface area contributed by atoms with Crippen molar-refractivity contribution in [3.8, 4) is 11.3 Å². The van der Waals surface area contributed by atoms with E-state index in [-0.39, 0.29) is 12.7 Å². The lowest BCUT2D eigenvalue weighted by atomic mass is 10.1. The minimum absolute atomic E-state index is 0.00101. The van der Waals surface area contributed by atoms with E-state index in [1.54, 1.807) is 31.0 Å². The van der Waals surface area contributed by atoms with Crippen molar-refractivity contribution in [2.75, 3.05) is 13.7 Å². The number of hydrogen-bond donors (Lipinski definition) is 1. The molecule has 0 aliphatic carbocycles. The third-order valence-electron chi connectivity index (χ3n) is 4.45. The van der Waals surface area contributed by atoms with Gasteiger partial charge in [0.15, 0.2) is 0 Å². The Labute approximate surface area is 148 Å².